The molecule has 0 unspecified atom stereocenters. The summed E-state index contributed by atoms with van der Waals surface area (Å²) in [6.45, 7) is 5.17. The number of rotatable bonds is 7. The van der Waals surface area contributed by atoms with Crippen molar-refractivity contribution in [2.45, 2.75) is 39.8 Å². The highest BCUT2D eigenvalue weighted by molar-refractivity contribution is 5.91. The molecule has 0 aliphatic rings. The van der Waals surface area contributed by atoms with E-state index in [0.717, 1.165) is 36.1 Å². The van der Waals surface area contributed by atoms with Crippen molar-refractivity contribution < 1.29 is 5.11 Å². The van der Waals surface area contributed by atoms with E-state index >= 15 is 0 Å². The highest BCUT2D eigenvalue weighted by Gasteiger charge is 2.15. The van der Waals surface area contributed by atoms with Gasteiger partial charge in [-0.1, -0.05) is 37.6 Å². The average molecular weight is 367 g/mol. The van der Waals surface area contributed by atoms with Crippen molar-refractivity contribution in [3.8, 4) is 0 Å². The van der Waals surface area contributed by atoms with Crippen LogP contribution in [-0.4, -0.2) is 26.2 Å². The molecule has 0 fully saturated rings. The van der Waals surface area contributed by atoms with Crippen LogP contribution in [0.15, 0.2) is 35.3 Å². The Kier molecular flexibility index (Phi) is 5.71. The fraction of sp³-hybridized carbons (Fsp3) is 0.350. The molecule has 0 bridgehead atoms. The molecule has 0 aliphatic heterocycles. The first-order valence-corrected chi connectivity index (χ1v) is 9.13. The second-order valence-electron chi connectivity index (χ2n) is 6.65. The minimum absolute atomic E-state index is 0.000855. The van der Waals surface area contributed by atoms with Gasteiger partial charge in [-0.2, -0.15) is 4.98 Å². The van der Waals surface area contributed by atoms with Crippen LogP contribution < -0.4 is 16.6 Å². The lowest BCUT2D eigenvalue weighted by atomic mass is 10.1. The molecule has 0 spiro atoms. The zero-order valence-corrected chi connectivity index (χ0v) is 15.7. The number of aromatic nitrogens is 3. The zero-order valence-electron chi connectivity index (χ0n) is 15.7. The standard InChI is InChI=1S/C20H25N5O2/c1-3-4-9-22-18-16-17(23-20(21)24-18)13(2)10-25(19(16)27)11-14-5-7-15(12-26)8-6-14/h5-8,10,26H,3-4,9,11-12H2,1-2H3,(H3,21,22,23,24). The number of pyridine rings is 1. The van der Waals surface area contributed by atoms with E-state index in [0.29, 0.717) is 23.3 Å². The summed E-state index contributed by atoms with van der Waals surface area (Å²) in [6.07, 6.45) is 3.81. The molecule has 7 nitrogen and oxygen atoms in total. The van der Waals surface area contributed by atoms with Crippen LogP contribution in [-0.2, 0) is 13.2 Å². The monoisotopic (exact) mass is 367 g/mol. The Bertz CT molecular complexity index is 996. The Morgan fingerprint density at radius 1 is 1.19 bits per heavy atom. The number of aliphatic hydroxyl groups excluding tert-OH is 1. The van der Waals surface area contributed by atoms with Gasteiger partial charge in [0.05, 0.1) is 18.7 Å². The summed E-state index contributed by atoms with van der Waals surface area (Å²) in [5.41, 5.74) is 8.96. The van der Waals surface area contributed by atoms with E-state index in [-0.39, 0.29) is 18.1 Å². The van der Waals surface area contributed by atoms with E-state index in [2.05, 4.69) is 22.2 Å². The first-order valence-electron chi connectivity index (χ1n) is 9.13. The van der Waals surface area contributed by atoms with Gasteiger partial charge in [0.25, 0.3) is 5.56 Å². The SMILES string of the molecule is CCCCNc1nc(N)nc2c(C)cn(Cc3ccc(CO)cc3)c(=O)c12. The molecule has 3 aromatic rings. The van der Waals surface area contributed by atoms with Crippen molar-refractivity contribution in [1.29, 1.82) is 0 Å². The molecule has 0 amide bonds. The van der Waals surface area contributed by atoms with Crippen molar-refractivity contribution in [1.82, 2.24) is 14.5 Å². The zero-order chi connectivity index (χ0) is 19.4. The highest BCUT2D eigenvalue weighted by atomic mass is 16.3. The number of nitrogens with one attached hydrogen (secondary N) is 1. The molecule has 3 rings (SSSR count). The number of unbranched alkanes of at least 4 members (excludes halogenated alkanes) is 1. The number of nitrogen functional groups attached to an aromatic ring is 1. The van der Waals surface area contributed by atoms with Crippen molar-refractivity contribution in [3.05, 3.63) is 57.5 Å². The van der Waals surface area contributed by atoms with Crippen LogP contribution in [0.5, 0.6) is 0 Å². The summed E-state index contributed by atoms with van der Waals surface area (Å²) in [7, 11) is 0. The maximum atomic E-state index is 13.1. The van der Waals surface area contributed by atoms with E-state index in [1.165, 1.54) is 0 Å². The maximum absolute atomic E-state index is 13.1. The highest BCUT2D eigenvalue weighted by Crippen LogP contribution is 2.21. The van der Waals surface area contributed by atoms with Gasteiger partial charge in [0.1, 0.15) is 11.2 Å². The number of benzene rings is 1. The number of nitrogens with two attached hydrogens (primary N) is 1. The van der Waals surface area contributed by atoms with Gasteiger partial charge in [-0.15, -0.1) is 0 Å². The molecule has 0 saturated carbocycles. The topological polar surface area (TPSA) is 106 Å². The van der Waals surface area contributed by atoms with Gasteiger partial charge in [-0.05, 0) is 30.0 Å². The van der Waals surface area contributed by atoms with Gasteiger partial charge in [0.2, 0.25) is 5.95 Å². The lowest BCUT2D eigenvalue weighted by molar-refractivity contribution is 0.282. The third-order valence-electron chi connectivity index (χ3n) is 4.51. The number of aliphatic hydroxyl groups is 1. The van der Waals surface area contributed by atoms with Crippen LogP contribution in [0.1, 0.15) is 36.5 Å². The summed E-state index contributed by atoms with van der Waals surface area (Å²) >= 11 is 0. The lowest BCUT2D eigenvalue weighted by Gasteiger charge is -2.13. The van der Waals surface area contributed by atoms with E-state index in [4.69, 9.17) is 5.73 Å². The smallest absolute Gasteiger partial charge is 0.264 e. The largest absolute Gasteiger partial charge is 0.392 e. The lowest BCUT2D eigenvalue weighted by Crippen LogP contribution is -2.23. The third kappa shape index (κ3) is 4.09. The number of anilines is 2. The molecule has 0 aliphatic carbocycles. The van der Waals surface area contributed by atoms with Crippen molar-refractivity contribution >= 4 is 22.7 Å². The van der Waals surface area contributed by atoms with Crippen LogP contribution in [0, 0.1) is 6.92 Å². The van der Waals surface area contributed by atoms with E-state index in [1.807, 2.05) is 31.2 Å². The summed E-state index contributed by atoms with van der Waals surface area (Å²) in [5, 5.41) is 12.9. The van der Waals surface area contributed by atoms with Crippen LogP contribution in [0.25, 0.3) is 10.9 Å². The molecule has 2 heterocycles. The molecule has 0 saturated heterocycles. The second kappa shape index (κ2) is 8.18. The third-order valence-corrected chi connectivity index (χ3v) is 4.51. The van der Waals surface area contributed by atoms with Gasteiger partial charge in [-0.3, -0.25) is 4.79 Å². The van der Waals surface area contributed by atoms with E-state index < -0.39 is 0 Å². The van der Waals surface area contributed by atoms with E-state index in [1.54, 1.807) is 10.8 Å². The van der Waals surface area contributed by atoms with Crippen LogP contribution in [0.4, 0.5) is 11.8 Å². The number of hydrogen-bond acceptors (Lipinski definition) is 6. The molecule has 0 radical (unpaired) electrons. The summed E-state index contributed by atoms with van der Waals surface area (Å²) < 4.78 is 1.66. The Morgan fingerprint density at radius 3 is 2.56 bits per heavy atom. The molecule has 7 heteroatoms. The molecule has 142 valence electrons. The Morgan fingerprint density at radius 2 is 1.89 bits per heavy atom. The maximum Gasteiger partial charge on any atom is 0.264 e. The Labute approximate surface area is 157 Å². The molecule has 0 atom stereocenters. The summed E-state index contributed by atoms with van der Waals surface area (Å²) in [6, 6.07) is 7.54. The molecule has 2 aromatic heterocycles. The van der Waals surface area contributed by atoms with Gasteiger partial charge < -0.3 is 20.7 Å². The van der Waals surface area contributed by atoms with Gasteiger partial charge >= 0.3 is 0 Å². The van der Waals surface area contributed by atoms with Crippen molar-refractivity contribution in [3.63, 3.8) is 0 Å². The quantitative estimate of drug-likeness (QED) is 0.554. The Balaban J connectivity index is 2.06. The fourth-order valence-corrected chi connectivity index (χ4v) is 3.04. The Hall–Kier alpha value is -2.93. The molecule has 1 aromatic carbocycles. The molecular formula is C20H25N5O2. The van der Waals surface area contributed by atoms with Gasteiger partial charge in [0, 0.05) is 12.7 Å². The van der Waals surface area contributed by atoms with Crippen molar-refractivity contribution in [2.75, 3.05) is 17.6 Å². The van der Waals surface area contributed by atoms with Crippen LogP contribution >= 0.6 is 0 Å². The van der Waals surface area contributed by atoms with Gasteiger partial charge in [-0.25, -0.2) is 4.98 Å². The number of fused-ring (bicyclic) bond motifs is 1. The summed E-state index contributed by atoms with van der Waals surface area (Å²) in [5.74, 6) is 0.644. The number of hydrogen-bond donors (Lipinski definition) is 3. The molecule has 27 heavy (non-hydrogen) atoms. The molecular weight excluding hydrogens is 342 g/mol. The second-order valence-corrected chi connectivity index (χ2v) is 6.65. The first-order chi connectivity index (χ1) is 13.0. The first kappa shape index (κ1) is 18.8. The predicted molar refractivity (Wildman–Crippen MR) is 108 cm³/mol. The van der Waals surface area contributed by atoms with Crippen molar-refractivity contribution in [2.24, 2.45) is 0 Å². The average Bonchev–Trinajstić information content (AvgIpc) is 2.66. The van der Waals surface area contributed by atoms with Crippen LogP contribution in [0.3, 0.4) is 0 Å². The number of aryl methyl sites for hydroxylation is 1. The fourth-order valence-electron chi connectivity index (χ4n) is 3.04. The minimum atomic E-state index is -0.152. The normalized spacial score (nSPS) is 11.1. The number of nitrogens with zero attached hydrogens (tertiary/aromatic N) is 3. The summed E-state index contributed by atoms with van der Waals surface area (Å²) in [4.78, 5) is 21.7. The minimum Gasteiger partial charge on any atom is -0.392 e. The molecule has 4 N–H and O–H groups in total. The van der Waals surface area contributed by atoms with Crippen LogP contribution in [0.2, 0.25) is 0 Å². The van der Waals surface area contributed by atoms with E-state index in [9.17, 15) is 9.90 Å². The van der Waals surface area contributed by atoms with Gasteiger partial charge in [0.15, 0.2) is 0 Å². The predicted octanol–water partition coefficient (Wildman–Crippen LogP) is 2.43.